The molecule has 4 nitrogen and oxygen atoms in total. The summed E-state index contributed by atoms with van der Waals surface area (Å²) < 4.78 is 13.7. The summed E-state index contributed by atoms with van der Waals surface area (Å²) in [7, 11) is 0. The molecule has 6 aromatic rings. The van der Waals surface area contributed by atoms with Gasteiger partial charge in [0, 0.05) is 58.0 Å². The molecule has 0 atom stereocenters. The van der Waals surface area contributed by atoms with Gasteiger partial charge in [-0.1, -0.05) is 84.9 Å². The van der Waals surface area contributed by atoms with Crippen LogP contribution in [0.15, 0.2) is 152 Å². The van der Waals surface area contributed by atoms with Crippen LogP contribution in [0.1, 0.15) is 5.56 Å². The molecule has 2 aliphatic rings. The summed E-state index contributed by atoms with van der Waals surface area (Å²) in [5.74, 6) is 3.08. The third kappa shape index (κ3) is 4.83. The van der Waals surface area contributed by atoms with Crippen molar-refractivity contribution in [1.29, 1.82) is 0 Å². The lowest BCUT2D eigenvalue weighted by atomic mass is 9.95. The Balaban J connectivity index is 1.32. The van der Waals surface area contributed by atoms with Crippen LogP contribution >= 0.6 is 0 Å². The van der Waals surface area contributed by atoms with Crippen LogP contribution in [-0.2, 0) is 0 Å². The van der Waals surface area contributed by atoms with Gasteiger partial charge in [0.25, 0.3) is 0 Å². The number of pyridine rings is 1. The standard InChI is InChI=1S/C40H28N2O2/c1-3-15-37-32(12-1)33-13-2-4-16-38(33)44-40-25-30(36-14-5-6-22-42-36)18-20-35(40)34-19-17-29(24-39(34)43-37)27-9-7-10-28(23-27)31-11-8-21-41-26-31/h1-21,23-26,42H,22H2. The Bertz CT molecular complexity index is 2080. The predicted octanol–water partition coefficient (Wildman–Crippen LogP) is 10.1. The number of rotatable bonds is 3. The highest BCUT2D eigenvalue weighted by Crippen LogP contribution is 2.48. The van der Waals surface area contributed by atoms with Crippen molar-refractivity contribution in [3.63, 3.8) is 0 Å². The van der Waals surface area contributed by atoms with E-state index in [1.54, 1.807) is 6.20 Å². The van der Waals surface area contributed by atoms with Crippen molar-refractivity contribution < 1.29 is 9.47 Å². The number of hydrogen-bond donors (Lipinski definition) is 1. The average molecular weight is 569 g/mol. The molecule has 4 heteroatoms. The minimum atomic E-state index is 0.761. The molecule has 0 spiro atoms. The average Bonchev–Trinajstić information content (AvgIpc) is 3.10. The SMILES string of the molecule is C1=CCNC(c2ccc3c(c2)Oc2ccccc2-c2ccccc2Oc2cc(-c4cccc(-c5cccnc5)c4)ccc2-3)=C1. The zero-order chi connectivity index (χ0) is 29.3. The minimum absolute atomic E-state index is 0.761. The molecule has 0 aliphatic carbocycles. The van der Waals surface area contributed by atoms with E-state index < -0.39 is 0 Å². The fourth-order valence-corrected chi connectivity index (χ4v) is 5.87. The quantitative estimate of drug-likeness (QED) is 0.230. The number of benzene rings is 5. The van der Waals surface area contributed by atoms with E-state index in [2.05, 4.69) is 107 Å². The summed E-state index contributed by atoms with van der Waals surface area (Å²) in [5, 5.41) is 3.48. The highest BCUT2D eigenvalue weighted by Gasteiger charge is 2.21. The summed E-state index contributed by atoms with van der Waals surface area (Å²) >= 11 is 0. The van der Waals surface area contributed by atoms with Crippen LogP contribution in [0.25, 0.3) is 50.2 Å². The molecular formula is C40H28N2O2. The van der Waals surface area contributed by atoms with E-state index in [0.29, 0.717) is 0 Å². The van der Waals surface area contributed by atoms with Gasteiger partial charge in [0.05, 0.1) is 0 Å². The van der Waals surface area contributed by atoms with E-state index in [-0.39, 0.29) is 0 Å². The minimum Gasteiger partial charge on any atom is -0.456 e. The predicted molar refractivity (Wildman–Crippen MR) is 178 cm³/mol. The van der Waals surface area contributed by atoms with E-state index in [1.807, 2.05) is 48.7 Å². The largest absolute Gasteiger partial charge is 0.456 e. The molecule has 5 aromatic carbocycles. The second-order valence-electron chi connectivity index (χ2n) is 10.8. The van der Waals surface area contributed by atoms with Crippen molar-refractivity contribution in [2.75, 3.05) is 6.54 Å². The van der Waals surface area contributed by atoms with Crippen molar-refractivity contribution in [3.05, 3.63) is 158 Å². The van der Waals surface area contributed by atoms with Crippen molar-refractivity contribution in [2.24, 2.45) is 0 Å². The van der Waals surface area contributed by atoms with Gasteiger partial charge in [0.1, 0.15) is 23.0 Å². The Labute approximate surface area is 256 Å². The summed E-state index contributed by atoms with van der Waals surface area (Å²) in [6.45, 7) is 0.796. The van der Waals surface area contributed by atoms with Gasteiger partial charge in [-0.2, -0.15) is 0 Å². The molecule has 0 saturated carbocycles. The monoisotopic (exact) mass is 568 g/mol. The molecule has 0 unspecified atom stereocenters. The fourth-order valence-electron chi connectivity index (χ4n) is 5.87. The summed E-state index contributed by atoms with van der Waals surface area (Å²) in [4.78, 5) is 4.31. The molecule has 1 aromatic heterocycles. The maximum absolute atomic E-state index is 6.86. The molecule has 0 amide bonds. The number of allylic oxidation sites excluding steroid dienone is 2. The summed E-state index contributed by atoms with van der Waals surface area (Å²) in [6.07, 6.45) is 9.97. The first-order valence-electron chi connectivity index (χ1n) is 14.7. The third-order valence-corrected chi connectivity index (χ3v) is 8.07. The topological polar surface area (TPSA) is 43.4 Å². The van der Waals surface area contributed by atoms with Crippen molar-refractivity contribution in [1.82, 2.24) is 10.3 Å². The highest BCUT2D eigenvalue weighted by molar-refractivity contribution is 5.85. The maximum atomic E-state index is 6.86. The number of para-hydroxylation sites is 2. The second kappa shape index (κ2) is 11.1. The van der Waals surface area contributed by atoms with Gasteiger partial charge in [0.2, 0.25) is 0 Å². The molecular weight excluding hydrogens is 540 g/mol. The van der Waals surface area contributed by atoms with E-state index in [0.717, 1.165) is 85.3 Å². The lowest BCUT2D eigenvalue weighted by Crippen LogP contribution is -2.14. The second-order valence-corrected chi connectivity index (χ2v) is 10.8. The summed E-state index contributed by atoms with van der Waals surface area (Å²) in [5.41, 5.74) is 10.3. The van der Waals surface area contributed by atoms with E-state index >= 15 is 0 Å². The number of nitrogens with zero attached hydrogens (tertiary/aromatic N) is 1. The first-order chi connectivity index (χ1) is 21.8. The maximum Gasteiger partial charge on any atom is 0.136 e. The van der Waals surface area contributed by atoms with Crippen LogP contribution in [0.4, 0.5) is 0 Å². The fraction of sp³-hybridized carbons (Fsp3) is 0.0250. The third-order valence-electron chi connectivity index (χ3n) is 8.07. The molecule has 44 heavy (non-hydrogen) atoms. The highest BCUT2D eigenvalue weighted by atomic mass is 16.5. The molecule has 8 rings (SSSR count). The van der Waals surface area contributed by atoms with Crippen LogP contribution in [0.3, 0.4) is 0 Å². The van der Waals surface area contributed by atoms with Crippen molar-refractivity contribution in [3.8, 4) is 67.5 Å². The normalized spacial score (nSPS) is 13.0. The van der Waals surface area contributed by atoms with Gasteiger partial charge in [0.15, 0.2) is 0 Å². The number of fused-ring (bicyclic) bond motifs is 6. The van der Waals surface area contributed by atoms with E-state index in [9.17, 15) is 0 Å². The van der Waals surface area contributed by atoms with Crippen molar-refractivity contribution >= 4 is 5.70 Å². The molecule has 0 radical (unpaired) electrons. The number of ether oxygens (including phenoxy) is 2. The number of aromatic nitrogens is 1. The molecule has 0 saturated heterocycles. The number of nitrogens with one attached hydrogen (secondary N) is 1. The lowest BCUT2D eigenvalue weighted by molar-refractivity contribution is 0.472. The van der Waals surface area contributed by atoms with Gasteiger partial charge in [-0.25, -0.2) is 0 Å². The smallest absolute Gasteiger partial charge is 0.136 e. The molecule has 0 bridgehead atoms. The first kappa shape index (κ1) is 25.8. The molecule has 2 aliphatic heterocycles. The Morgan fingerprint density at radius 2 is 1.09 bits per heavy atom. The van der Waals surface area contributed by atoms with Crippen LogP contribution in [0, 0.1) is 0 Å². The van der Waals surface area contributed by atoms with Gasteiger partial charge < -0.3 is 14.8 Å². The molecule has 3 heterocycles. The number of hydrogen-bond acceptors (Lipinski definition) is 4. The van der Waals surface area contributed by atoms with Gasteiger partial charge in [-0.15, -0.1) is 0 Å². The Hall–Kier alpha value is -5.87. The Morgan fingerprint density at radius 3 is 1.75 bits per heavy atom. The zero-order valence-corrected chi connectivity index (χ0v) is 23.9. The van der Waals surface area contributed by atoms with Crippen LogP contribution < -0.4 is 14.8 Å². The Kier molecular flexibility index (Phi) is 6.50. The number of dihydropyridines is 1. The zero-order valence-electron chi connectivity index (χ0n) is 23.9. The van der Waals surface area contributed by atoms with Gasteiger partial charge in [-0.05, 0) is 71.3 Å². The lowest BCUT2D eigenvalue weighted by Gasteiger charge is -2.23. The van der Waals surface area contributed by atoms with Crippen LogP contribution in [-0.4, -0.2) is 11.5 Å². The van der Waals surface area contributed by atoms with E-state index in [4.69, 9.17) is 9.47 Å². The van der Waals surface area contributed by atoms with Gasteiger partial charge >= 0.3 is 0 Å². The van der Waals surface area contributed by atoms with Crippen LogP contribution in [0.5, 0.6) is 23.0 Å². The van der Waals surface area contributed by atoms with E-state index in [1.165, 1.54) is 0 Å². The van der Waals surface area contributed by atoms with Crippen LogP contribution in [0.2, 0.25) is 0 Å². The summed E-state index contributed by atoms with van der Waals surface area (Å²) in [6, 6.07) is 41.7. The Morgan fingerprint density at radius 1 is 0.500 bits per heavy atom. The first-order valence-corrected chi connectivity index (χ1v) is 14.7. The molecule has 210 valence electrons. The van der Waals surface area contributed by atoms with Crippen molar-refractivity contribution in [2.45, 2.75) is 0 Å². The molecule has 1 N–H and O–H groups in total. The van der Waals surface area contributed by atoms with Gasteiger partial charge in [-0.3, -0.25) is 4.98 Å². The molecule has 0 fully saturated rings.